The summed E-state index contributed by atoms with van der Waals surface area (Å²) in [4.78, 5) is 2.50. The Labute approximate surface area is 131 Å². The van der Waals surface area contributed by atoms with Crippen LogP contribution < -0.4 is 4.90 Å². The second kappa shape index (κ2) is 5.34. The molecule has 108 valence electrons. The van der Waals surface area contributed by atoms with Gasteiger partial charge in [-0.25, -0.2) is 0 Å². The molecule has 1 heteroatoms. The minimum atomic E-state index is 0.436. The van der Waals surface area contributed by atoms with Crippen molar-refractivity contribution < 1.29 is 0 Å². The minimum absolute atomic E-state index is 0.436. The molecule has 0 unspecified atom stereocenters. The Morgan fingerprint density at radius 1 is 0.591 bits per heavy atom. The summed E-state index contributed by atoms with van der Waals surface area (Å²) in [6.07, 6.45) is 0. The van der Waals surface area contributed by atoms with Crippen molar-refractivity contribution in [3.8, 4) is 0 Å². The van der Waals surface area contributed by atoms with E-state index in [0.29, 0.717) is 12.1 Å². The number of anilines is 1. The van der Waals surface area contributed by atoms with Gasteiger partial charge < -0.3 is 4.90 Å². The zero-order chi connectivity index (χ0) is 14.9. The lowest BCUT2D eigenvalue weighted by Gasteiger charge is -2.07. The van der Waals surface area contributed by atoms with Gasteiger partial charge in [0.05, 0.1) is 12.1 Å². The maximum absolute atomic E-state index is 2.50. The van der Waals surface area contributed by atoms with Crippen LogP contribution in [0.5, 0.6) is 0 Å². The average Bonchev–Trinajstić information content (AvgIpc) is 3.33. The number of rotatable bonds is 3. The minimum Gasteiger partial charge on any atom is -0.353 e. The molecule has 1 aliphatic rings. The van der Waals surface area contributed by atoms with Gasteiger partial charge in [-0.05, 0) is 30.2 Å². The normalized spacial score (nSPS) is 20.0. The molecule has 3 aromatic rings. The maximum Gasteiger partial charge on any atom is 0.0795 e. The Morgan fingerprint density at radius 2 is 1.05 bits per heavy atom. The highest BCUT2D eigenvalue weighted by atomic mass is 15.4. The van der Waals surface area contributed by atoms with E-state index < -0.39 is 0 Å². The summed E-state index contributed by atoms with van der Waals surface area (Å²) in [6.45, 7) is 2.13. The smallest absolute Gasteiger partial charge is 0.0795 e. The predicted octanol–water partition coefficient (Wildman–Crippen LogP) is 5.30. The summed E-state index contributed by atoms with van der Waals surface area (Å²) in [5.41, 5.74) is 5.38. The standard InChI is InChI=1S/C21H19N/c1-16-12-14-19(15-13-16)22-20(17-8-4-2-5-9-17)21(22)18-10-6-3-7-11-18/h2-15,20-21H,1H3/t20-,21+,22?. The second-order valence-electron chi connectivity index (χ2n) is 5.95. The molecule has 22 heavy (non-hydrogen) atoms. The zero-order valence-electron chi connectivity index (χ0n) is 12.7. The molecule has 2 atom stereocenters. The molecular formula is C21H19N. The van der Waals surface area contributed by atoms with Gasteiger partial charge in [0, 0.05) is 5.69 Å². The number of aryl methyl sites for hydroxylation is 1. The van der Waals surface area contributed by atoms with Gasteiger partial charge in [-0.2, -0.15) is 0 Å². The van der Waals surface area contributed by atoms with Crippen molar-refractivity contribution in [3.05, 3.63) is 102 Å². The Bertz CT molecular complexity index is 701. The van der Waals surface area contributed by atoms with Crippen molar-refractivity contribution in [2.24, 2.45) is 0 Å². The topological polar surface area (TPSA) is 3.01 Å². The second-order valence-corrected chi connectivity index (χ2v) is 5.95. The summed E-state index contributed by atoms with van der Waals surface area (Å²) in [5.74, 6) is 0. The van der Waals surface area contributed by atoms with Crippen molar-refractivity contribution in [2.75, 3.05) is 4.90 Å². The van der Waals surface area contributed by atoms with Crippen LogP contribution in [0.25, 0.3) is 0 Å². The summed E-state index contributed by atoms with van der Waals surface area (Å²) in [7, 11) is 0. The number of hydrogen-bond acceptors (Lipinski definition) is 1. The molecule has 1 fully saturated rings. The molecule has 4 rings (SSSR count). The van der Waals surface area contributed by atoms with Crippen LogP contribution in [-0.2, 0) is 0 Å². The Morgan fingerprint density at radius 3 is 1.50 bits per heavy atom. The number of nitrogens with zero attached hydrogens (tertiary/aromatic N) is 1. The predicted molar refractivity (Wildman–Crippen MR) is 92.0 cm³/mol. The van der Waals surface area contributed by atoms with Gasteiger partial charge in [0.2, 0.25) is 0 Å². The van der Waals surface area contributed by atoms with Crippen molar-refractivity contribution in [1.82, 2.24) is 0 Å². The molecule has 1 nitrogen and oxygen atoms in total. The van der Waals surface area contributed by atoms with Gasteiger partial charge in [-0.3, -0.25) is 0 Å². The van der Waals surface area contributed by atoms with Crippen molar-refractivity contribution in [1.29, 1.82) is 0 Å². The van der Waals surface area contributed by atoms with E-state index in [1.165, 1.54) is 22.4 Å². The lowest BCUT2D eigenvalue weighted by molar-refractivity contribution is 1.03. The highest BCUT2D eigenvalue weighted by Crippen LogP contribution is 2.56. The van der Waals surface area contributed by atoms with Crippen LogP contribution in [0.1, 0.15) is 28.8 Å². The third-order valence-electron chi connectivity index (χ3n) is 4.42. The monoisotopic (exact) mass is 285 g/mol. The van der Waals surface area contributed by atoms with Crippen LogP contribution >= 0.6 is 0 Å². The average molecular weight is 285 g/mol. The van der Waals surface area contributed by atoms with Crippen molar-refractivity contribution >= 4 is 5.69 Å². The highest BCUT2D eigenvalue weighted by Gasteiger charge is 2.49. The first-order chi connectivity index (χ1) is 10.8. The summed E-state index contributed by atoms with van der Waals surface area (Å²) >= 11 is 0. The van der Waals surface area contributed by atoms with E-state index in [2.05, 4.69) is 96.8 Å². The molecular weight excluding hydrogens is 266 g/mol. The molecule has 0 bridgehead atoms. The molecule has 1 heterocycles. The number of benzene rings is 3. The van der Waals surface area contributed by atoms with E-state index in [1.807, 2.05) is 0 Å². The van der Waals surface area contributed by atoms with E-state index >= 15 is 0 Å². The number of hydrogen-bond donors (Lipinski definition) is 0. The Balaban J connectivity index is 1.73. The van der Waals surface area contributed by atoms with E-state index in [-0.39, 0.29) is 0 Å². The molecule has 3 aromatic carbocycles. The van der Waals surface area contributed by atoms with Gasteiger partial charge in [0.25, 0.3) is 0 Å². The van der Waals surface area contributed by atoms with Gasteiger partial charge in [0.1, 0.15) is 0 Å². The van der Waals surface area contributed by atoms with Crippen molar-refractivity contribution in [2.45, 2.75) is 19.0 Å². The summed E-state index contributed by atoms with van der Waals surface area (Å²) in [6, 6.07) is 31.3. The molecule has 0 radical (unpaired) electrons. The maximum atomic E-state index is 2.50. The van der Waals surface area contributed by atoms with E-state index in [0.717, 1.165) is 0 Å². The van der Waals surface area contributed by atoms with Gasteiger partial charge in [0.15, 0.2) is 0 Å². The first-order valence-corrected chi connectivity index (χ1v) is 7.79. The zero-order valence-corrected chi connectivity index (χ0v) is 12.7. The molecule has 0 saturated carbocycles. The molecule has 0 spiro atoms. The third-order valence-corrected chi connectivity index (χ3v) is 4.42. The largest absolute Gasteiger partial charge is 0.353 e. The van der Waals surface area contributed by atoms with Gasteiger partial charge >= 0.3 is 0 Å². The van der Waals surface area contributed by atoms with E-state index in [1.54, 1.807) is 0 Å². The fourth-order valence-corrected chi connectivity index (χ4v) is 3.26. The highest BCUT2D eigenvalue weighted by molar-refractivity contribution is 5.62. The van der Waals surface area contributed by atoms with Gasteiger partial charge in [-0.1, -0.05) is 78.4 Å². The quantitative estimate of drug-likeness (QED) is 0.590. The SMILES string of the molecule is Cc1ccc(N2[C@H](c3ccccc3)[C@@H]2c2ccccc2)cc1. The van der Waals surface area contributed by atoms with Crippen LogP contribution in [-0.4, -0.2) is 0 Å². The van der Waals surface area contributed by atoms with Crippen molar-refractivity contribution in [3.63, 3.8) is 0 Å². The lowest BCUT2D eigenvalue weighted by Crippen LogP contribution is -1.95. The third kappa shape index (κ3) is 2.29. The molecule has 0 aromatic heterocycles. The van der Waals surface area contributed by atoms with Crippen LogP contribution in [0.2, 0.25) is 0 Å². The molecule has 0 N–H and O–H groups in total. The molecule has 1 saturated heterocycles. The van der Waals surface area contributed by atoms with E-state index in [9.17, 15) is 0 Å². The molecule has 0 amide bonds. The Hall–Kier alpha value is -2.54. The fourth-order valence-electron chi connectivity index (χ4n) is 3.26. The van der Waals surface area contributed by atoms with Crippen LogP contribution in [0.3, 0.4) is 0 Å². The fraction of sp³-hybridized carbons (Fsp3) is 0.143. The molecule has 0 aliphatic carbocycles. The van der Waals surface area contributed by atoms with Crippen LogP contribution in [0.15, 0.2) is 84.9 Å². The van der Waals surface area contributed by atoms with Crippen LogP contribution in [0.4, 0.5) is 5.69 Å². The van der Waals surface area contributed by atoms with Gasteiger partial charge in [-0.15, -0.1) is 0 Å². The summed E-state index contributed by atoms with van der Waals surface area (Å²) in [5, 5.41) is 0. The van der Waals surface area contributed by atoms with Crippen LogP contribution in [0, 0.1) is 6.92 Å². The molecule has 1 aliphatic heterocycles. The van der Waals surface area contributed by atoms with E-state index in [4.69, 9.17) is 0 Å². The first kappa shape index (κ1) is 13.1. The Kier molecular flexibility index (Phi) is 3.19. The lowest BCUT2D eigenvalue weighted by atomic mass is 10.0. The summed E-state index contributed by atoms with van der Waals surface area (Å²) < 4.78 is 0. The first-order valence-electron chi connectivity index (χ1n) is 7.79.